The molecule has 1 atom stereocenters. The third-order valence-corrected chi connectivity index (χ3v) is 2.66. The molecule has 5 nitrogen and oxygen atoms in total. The van der Waals surface area contributed by atoms with E-state index in [1.165, 1.54) is 6.07 Å². The molecule has 0 unspecified atom stereocenters. The fourth-order valence-electron chi connectivity index (χ4n) is 1.69. The molecule has 0 saturated carbocycles. The molecule has 1 amide bonds. The lowest BCUT2D eigenvalue weighted by molar-refractivity contribution is 0.0934. The van der Waals surface area contributed by atoms with Crippen molar-refractivity contribution < 1.29 is 14.6 Å². The molecular formula is C18H26N2O3. The van der Waals surface area contributed by atoms with Gasteiger partial charge in [0, 0.05) is 18.2 Å². The molecule has 0 heterocycles. The first kappa shape index (κ1) is 20.7. The summed E-state index contributed by atoms with van der Waals surface area (Å²) >= 11 is 0. The van der Waals surface area contributed by atoms with Gasteiger partial charge in [0.2, 0.25) is 0 Å². The molecule has 126 valence electrons. The number of nitriles is 1. The zero-order valence-electron chi connectivity index (χ0n) is 14.3. The van der Waals surface area contributed by atoms with Gasteiger partial charge >= 0.3 is 0 Å². The van der Waals surface area contributed by atoms with Crippen LogP contribution in [-0.4, -0.2) is 29.8 Å². The molecule has 0 aliphatic carbocycles. The average molecular weight is 318 g/mol. The smallest absolute Gasteiger partial charge is 0.251 e. The van der Waals surface area contributed by atoms with Crippen molar-refractivity contribution in [2.75, 3.05) is 6.61 Å². The van der Waals surface area contributed by atoms with E-state index in [9.17, 15) is 4.79 Å². The second-order valence-electron chi connectivity index (χ2n) is 5.28. The summed E-state index contributed by atoms with van der Waals surface area (Å²) in [4.78, 5) is 12.0. The lowest BCUT2D eigenvalue weighted by atomic mass is 10.1. The molecule has 23 heavy (non-hydrogen) atoms. The van der Waals surface area contributed by atoms with Crippen molar-refractivity contribution in [3.63, 3.8) is 0 Å². The van der Waals surface area contributed by atoms with E-state index in [0.29, 0.717) is 23.3 Å². The highest BCUT2D eigenvalue weighted by Gasteiger charge is 2.13. The molecule has 1 aromatic rings. The maximum atomic E-state index is 12.0. The van der Waals surface area contributed by atoms with E-state index in [4.69, 9.17) is 15.1 Å². The summed E-state index contributed by atoms with van der Waals surface area (Å²) in [7, 11) is 0. The molecule has 5 heteroatoms. The van der Waals surface area contributed by atoms with Crippen molar-refractivity contribution in [1.29, 1.82) is 5.26 Å². The number of allylic oxidation sites excluding steroid dienone is 1. The highest BCUT2D eigenvalue weighted by molar-refractivity contribution is 5.95. The third-order valence-electron chi connectivity index (χ3n) is 2.66. The van der Waals surface area contributed by atoms with Gasteiger partial charge in [0.1, 0.15) is 11.8 Å². The number of nitrogens with zero attached hydrogens (tertiary/aromatic N) is 1. The monoisotopic (exact) mass is 318 g/mol. The van der Waals surface area contributed by atoms with Gasteiger partial charge in [-0.15, -0.1) is 6.58 Å². The number of aliphatic hydroxyl groups excluding tert-OH is 1. The summed E-state index contributed by atoms with van der Waals surface area (Å²) in [5.41, 5.74) is 0.739. The highest BCUT2D eigenvalue weighted by Crippen LogP contribution is 2.20. The van der Waals surface area contributed by atoms with E-state index in [1.807, 2.05) is 33.8 Å². The summed E-state index contributed by atoms with van der Waals surface area (Å²) in [6, 6.07) is 6.68. The first-order valence-corrected chi connectivity index (χ1v) is 7.59. The zero-order valence-corrected chi connectivity index (χ0v) is 14.3. The van der Waals surface area contributed by atoms with Crippen LogP contribution in [0.2, 0.25) is 0 Å². The van der Waals surface area contributed by atoms with E-state index in [0.717, 1.165) is 0 Å². The van der Waals surface area contributed by atoms with Gasteiger partial charge < -0.3 is 15.2 Å². The van der Waals surface area contributed by atoms with Gasteiger partial charge in [-0.1, -0.05) is 6.08 Å². The fourth-order valence-corrected chi connectivity index (χ4v) is 1.69. The number of hydrogen-bond acceptors (Lipinski definition) is 4. The average Bonchev–Trinajstić information content (AvgIpc) is 2.48. The Morgan fingerprint density at radius 1 is 1.48 bits per heavy atom. The Labute approximate surface area is 138 Å². The van der Waals surface area contributed by atoms with E-state index in [-0.39, 0.29) is 24.7 Å². The SMILES string of the molecule is C=CC.CC(C)Oc1ccc(C(=O)N[C@@H](C)CCO)cc1C#N. The second kappa shape index (κ2) is 11.3. The standard InChI is InChI=1S/C15H20N2O3.C3H6/c1-10(2)20-14-5-4-12(8-13(14)9-16)15(19)17-11(3)6-7-18;1-3-2/h4-5,8,10-11,18H,6-7H2,1-3H3,(H,17,19);3H,1H2,2H3/t11-;/m0./s1. The summed E-state index contributed by atoms with van der Waals surface area (Å²) in [5, 5.41) is 20.7. The van der Waals surface area contributed by atoms with Crippen molar-refractivity contribution in [3.05, 3.63) is 42.0 Å². The lowest BCUT2D eigenvalue weighted by Crippen LogP contribution is -2.33. The van der Waals surface area contributed by atoms with Crippen LogP contribution in [0.25, 0.3) is 0 Å². The van der Waals surface area contributed by atoms with Gasteiger partial charge in [-0.05, 0) is 52.3 Å². The second-order valence-corrected chi connectivity index (χ2v) is 5.28. The normalized spacial score (nSPS) is 10.8. The minimum Gasteiger partial charge on any atom is -0.490 e. The number of benzene rings is 1. The van der Waals surface area contributed by atoms with Crippen LogP contribution in [0.4, 0.5) is 0 Å². The Balaban J connectivity index is 0.00000149. The van der Waals surface area contributed by atoms with Crippen LogP contribution in [-0.2, 0) is 0 Å². The van der Waals surface area contributed by atoms with E-state index in [1.54, 1.807) is 18.2 Å². The maximum absolute atomic E-state index is 12.0. The number of rotatable bonds is 6. The quantitative estimate of drug-likeness (QED) is 0.790. The van der Waals surface area contributed by atoms with Gasteiger partial charge in [-0.3, -0.25) is 4.79 Å². The summed E-state index contributed by atoms with van der Waals surface area (Å²) in [6.07, 6.45) is 2.21. The van der Waals surface area contributed by atoms with Crippen LogP contribution in [0.3, 0.4) is 0 Å². The summed E-state index contributed by atoms with van der Waals surface area (Å²) in [5.74, 6) is 0.209. The van der Waals surface area contributed by atoms with E-state index < -0.39 is 0 Å². The minimum absolute atomic E-state index is 0.0199. The Kier molecular flexibility index (Phi) is 10.1. The Morgan fingerprint density at radius 2 is 2.09 bits per heavy atom. The maximum Gasteiger partial charge on any atom is 0.251 e. The van der Waals surface area contributed by atoms with E-state index >= 15 is 0 Å². The van der Waals surface area contributed by atoms with Crippen LogP contribution in [0.1, 0.15) is 50.0 Å². The first-order valence-electron chi connectivity index (χ1n) is 7.59. The molecule has 2 N–H and O–H groups in total. The van der Waals surface area contributed by atoms with Gasteiger partial charge in [-0.25, -0.2) is 0 Å². The number of hydrogen-bond donors (Lipinski definition) is 2. The molecule has 1 aromatic carbocycles. The predicted molar refractivity (Wildman–Crippen MR) is 91.4 cm³/mol. The molecule has 0 bridgehead atoms. The number of amides is 1. The van der Waals surface area contributed by atoms with Crippen LogP contribution in [0, 0.1) is 11.3 Å². The highest BCUT2D eigenvalue weighted by atomic mass is 16.5. The molecule has 0 aromatic heterocycles. The molecule has 1 rings (SSSR count). The zero-order chi connectivity index (χ0) is 17.8. The van der Waals surface area contributed by atoms with E-state index in [2.05, 4.69) is 11.9 Å². The summed E-state index contributed by atoms with van der Waals surface area (Å²) in [6.45, 7) is 10.8. The molecule has 0 aliphatic rings. The topological polar surface area (TPSA) is 82.3 Å². The summed E-state index contributed by atoms with van der Waals surface area (Å²) < 4.78 is 5.50. The number of ether oxygens (including phenoxy) is 1. The van der Waals surface area contributed by atoms with Crippen LogP contribution in [0.15, 0.2) is 30.9 Å². The predicted octanol–water partition coefficient (Wildman–Crippen LogP) is 3.04. The largest absolute Gasteiger partial charge is 0.490 e. The number of nitrogens with one attached hydrogen (secondary N) is 1. The van der Waals surface area contributed by atoms with Crippen molar-refractivity contribution in [2.24, 2.45) is 0 Å². The number of aliphatic hydroxyl groups is 1. The van der Waals surface area contributed by atoms with Crippen molar-refractivity contribution in [2.45, 2.75) is 46.3 Å². The molecule has 0 saturated heterocycles. The number of carbonyl (C=O) groups excluding carboxylic acids is 1. The lowest BCUT2D eigenvalue weighted by Gasteiger charge is -2.14. The van der Waals surface area contributed by atoms with Gasteiger partial charge in [-0.2, -0.15) is 5.26 Å². The van der Waals surface area contributed by atoms with Crippen LogP contribution >= 0.6 is 0 Å². The number of carbonyl (C=O) groups is 1. The molecule has 0 fully saturated rings. The van der Waals surface area contributed by atoms with Gasteiger partial charge in [0.05, 0.1) is 11.7 Å². The molecular weight excluding hydrogens is 292 g/mol. The minimum atomic E-state index is -0.265. The molecule has 0 spiro atoms. The van der Waals surface area contributed by atoms with Crippen molar-refractivity contribution >= 4 is 5.91 Å². The van der Waals surface area contributed by atoms with Crippen molar-refractivity contribution in [3.8, 4) is 11.8 Å². The third kappa shape index (κ3) is 8.03. The first-order chi connectivity index (χ1) is 10.9. The molecule has 0 radical (unpaired) electrons. The molecule has 0 aliphatic heterocycles. The van der Waals surface area contributed by atoms with Gasteiger partial charge in [0.15, 0.2) is 0 Å². The van der Waals surface area contributed by atoms with Crippen LogP contribution < -0.4 is 10.1 Å². The van der Waals surface area contributed by atoms with Crippen molar-refractivity contribution in [1.82, 2.24) is 5.32 Å². The van der Waals surface area contributed by atoms with Crippen LogP contribution in [0.5, 0.6) is 5.75 Å². The Morgan fingerprint density at radius 3 is 2.57 bits per heavy atom. The fraction of sp³-hybridized carbons (Fsp3) is 0.444. The Hall–Kier alpha value is -2.32. The Bertz CT molecular complexity index is 548. The van der Waals surface area contributed by atoms with Gasteiger partial charge in [0.25, 0.3) is 5.91 Å².